The van der Waals surface area contributed by atoms with E-state index in [0.29, 0.717) is 16.7 Å². The van der Waals surface area contributed by atoms with Crippen molar-refractivity contribution in [2.45, 2.75) is 13.8 Å². The molecule has 0 aliphatic rings. The van der Waals surface area contributed by atoms with Crippen molar-refractivity contribution in [2.75, 3.05) is 0 Å². The molecule has 0 spiro atoms. The van der Waals surface area contributed by atoms with Gasteiger partial charge < -0.3 is 0 Å². The van der Waals surface area contributed by atoms with Crippen molar-refractivity contribution >= 4 is 5.78 Å². The molecule has 0 saturated carbocycles. The first-order valence-electron chi connectivity index (χ1n) is 5.45. The SMILES string of the molecule is Cc1ccc(C(=O)c2ccc(C)c(F)c2)cc1. The number of hydrogen-bond donors (Lipinski definition) is 0. The largest absolute Gasteiger partial charge is 0.289 e. The van der Waals surface area contributed by atoms with Gasteiger partial charge in [-0.25, -0.2) is 4.39 Å². The Morgan fingerprint density at radius 1 is 0.941 bits per heavy atom. The van der Waals surface area contributed by atoms with Gasteiger partial charge in [0, 0.05) is 11.1 Å². The smallest absolute Gasteiger partial charge is 0.193 e. The van der Waals surface area contributed by atoms with Crippen LogP contribution in [-0.4, -0.2) is 5.78 Å². The molecule has 0 amide bonds. The first-order chi connectivity index (χ1) is 8.08. The fraction of sp³-hybridized carbons (Fsp3) is 0.133. The third kappa shape index (κ3) is 2.41. The summed E-state index contributed by atoms with van der Waals surface area (Å²) in [7, 11) is 0. The van der Waals surface area contributed by atoms with E-state index < -0.39 is 0 Å². The molecule has 0 saturated heterocycles. The predicted octanol–water partition coefficient (Wildman–Crippen LogP) is 3.67. The van der Waals surface area contributed by atoms with E-state index in [1.54, 1.807) is 31.2 Å². The maximum atomic E-state index is 13.4. The lowest BCUT2D eigenvalue weighted by molar-refractivity contribution is 0.103. The Hall–Kier alpha value is -1.96. The molecule has 2 heteroatoms. The van der Waals surface area contributed by atoms with Gasteiger partial charge in [0.15, 0.2) is 5.78 Å². The standard InChI is InChI=1S/C15H13FO/c1-10-3-6-12(7-4-10)15(17)13-8-5-11(2)14(16)9-13/h3-9H,1-2H3. The Bertz CT molecular complexity index is 556. The normalized spacial score (nSPS) is 10.3. The van der Waals surface area contributed by atoms with Crippen LogP contribution in [0.15, 0.2) is 42.5 Å². The first kappa shape index (κ1) is 11.5. The molecule has 0 aliphatic carbocycles. The van der Waals surface area contributed by atoms with Crippen LogP contribution < -0.4 is 0 Å². The summed E-state index contributed by atoms with van der Waals surface area (Å²) in [6.45, 7) is 3.63. The van der Waals surface area contributed by atoms with Gasteiger partial charge in [-0.05, 0) is 25.5 Å². The van der Waals surface area contributed by atoms with Crippen molar-refractivity contribution < 1.29 is 9.18 Å². The van der Waals surface area contributed by atoms with Crippen LogP contribution in [0.25, 0.3) is 0 Å². The molecule has 0 heterocycles. The second kappa shape index (κ2) is 4.50. The molecule has 2 aromatic carbocycles. The third-order valence-corrected chi connectivity index (χ3v) is 2.75. The molecule has 0 unspecified atom stereocenters. The van der Waals surface area contributed by atoms with Gasteiger partial charge >= 0.3 is 0 Å². The Balaban J connectivity index is 2.37. The molecule has 1 nitrogen and oxygen atoms in total. The summed E-state index contributed by atoms with van der Waals surface area (Å²) in [5.74, 6) is -0.494. The highest BCUT2D eigenvalue weighted by Crippen LogP contribution is 2.14. The van der Waals surface area contributed by atoms with Crippen LogP contribution in [0.5, 0.6) is 0 Å². The molecule has 0 bridgehead atoms. The monoisotopic (exact) mass is 228 g/mol. The van der Waals surface area contributed by atoms with Crippen LogP contribution >= 0.6 is 0 Å². The zero-order chi connectivity index (χ0) is 12.4. The van der Waals surface area contributed by atoms with Gasteiger partial charge in [-0.2, -0.15) is 0 Å². The maximum Gasteiger partial charge on any atom is 0.193 e. The van der Waals surface area contributed by atoms with Gasteiger partial charge in [0.25, 0.3) is 0 Å². The average Bonchev–Trinajstić information content (AvgIpc) is 2.33. The molecule has 2 aromatic rings. The van der Waals surface area contributed by atoms with Crippen LogP contribution in [0.3, 0.4) is 0 Å². The van der Waals surface area contributed by atoms with E-state index in [9.17, 15) is 9.18 Å². The molecular weight excluding hydrogens is 215 g/mol. The minimum atomic E-state index is -0.344. The zero-order valence-corrected chi connectivity index (χ0v) is 9.83. The maximum absolute atomic E-state index is 13.4. The molecule has 2 rings (SSSR count). The second-order valence-corrected chi connectivity index (χ2v) is 4.16. The zero-order valence-electron chi connectivity index (χ0n) is 9.83. The Morgan fingerprint density at radius 3 is 2.12 bits per heavy atom. The van der Waals surface area contributed by atoms with E-state index in [4.69, 9.17) is 0 Å². The number of hydrogen-bond acceptors (Lipinski definition) is 1. The number of carbonyl (C=O) groups is 1. The van der Waals surface area contributed by atoms with E-state index in [1.807, 2.05) is 19.1 Å². The fourth-order valence-electron chi connectivity index (χ4n) is 1.61. The summed E-state index contributed by atoms with van der Waals surface area (Å²) in [6.07, 6.45) is 0. The van der Waals surface area contributed by atoms with Crippen molar-refractivity contribution in [3.8, 4) is 0 Å². The van der Waals surface area contributed by atoms with Gasteiger partial charge in [0.05, 0.1) is 0 Å². The first-order valence-corrected chi connectivity index (χ1v) is 5.45. The average molecular weight is 228 g/mol. The van der Waals surface area contributed by atoms with Crippen molar-refractivity contribution in [3.63, 3.8) is 0 Å². The Labute approximate surface area is 99.9 Å². The Kier molecular flexibility index (Phi) is 3.05. The lowest BCUT2D eigenvalue weighted by Gasteiger charge is -2.03. The number of benzene rings is 2. The number of carbonyl (C=O) groups excluding carboxylic acids is 1. The lowest BCUT2D eigenvalue weighted by Crippen LogP contribution is -2.02. The van der Waals surface area contributed by atoms with E-state index in [2.05, 4.69) is 0 Å². The van der Waals surface area contributed by atoms with Crippen LogP contribution in [0.4, 0.5) is 4.39 Å². The molecule has 0 fully saturated rings. The summed E-state index contributed by atoms with van der Waals surface area (Å²) >= 11 is 0. The molecule has 0 N–H and O–H groups in total. The van der Waals surface area contributed by atoms with Crippen molar-refractivity contribution in [1.29, 1.82) is 0 Å². The molecule has 17 heavy (non-hydrogen) atoms. The van der Waals surface area contributed by atoms with Gasteiger partial charge in [-0.3, -0.25) is 4.79 Å². The number of aryl methyl sites for hydroxylation is 2. The number of rotatable bonds is 2. The minimum absolute atomic E-state index is 0.149. The summed E-state index contributed by atoms with van der Waals surface area (Å²) in [6, 6.07) is 11.8. The number of ketones is 1. The number of halogens is 1. The van der Waals surface area contributed by atoms with Gasteiger partial charge in [-0.15, -0.1) is 0 Å². The van der Waals surface area contributed by atoms with Crippen LogP contribution in [-0.2, 0) is 0 Å². The summed E-state index contributed by atoms with van der Waals surface area (Å²) in [5.41, 5.74) is 2.61. The molecule has 0 atom stereocenters. The quantitative estimate of drug-likeness (QED) is 0.717. The van der Waals surface area contributed by atoms with Crippen molar-refractivity contribution in [2.24, 2.45) is 0 Å². The van der Waals surface area contributed by atoms with Crippen LogP contribution in [0.1, 0.15) is 27.0 Å². The van der Waals surface area contributed by atoms with E-state index in [-0.39, 0.29) is 11.6 Å². The Morgan fingerprint density at radius 2 is 1.53 bits per heavy atom. The molecule has 0 radical (unpaired) electrons. The highest BCUT2D eigenvalue weighted by Gasteiger charge is 2.10. The van der Waals surface area contributed by atoms with E-state index in [1.165, 1.54) is 6.07 Å². The predicted molar refractivity (Wildman–Crippen MR) is 65.7 cm³/mol. The van der Waals surface area contributed by atoms with Crippen molar-refractivity contribution in [3.05, 3.63) is 70.5 Å². The fourth-order valence-corrected chi connectivity index (χ4v) is 1.61. The van der Waals surface area contributed by atoms with Crippen LogP contribution in [0, 0.1) is 19.7 Å². The summed E-state index contributed by atoms with van der Waals surface area (Å²) in [4.78, 5) is 12.1. The van der Waals surface area contributed by atoms with Crippen molar-refractivity contribution in [1.82, 2.24) is 0 Å². The molecule has 0 aliphatic heterocycles. The minimum Gasteiger partial charge on any atom is -0.289 e. The van der Waals surface area contributed by atoms with Gasteiger partial charge in [0.1, 0.15) is 5.82 Å². The van der Waals surface area contributed by atoms with E-state index >= 15 is 0 Å². The summed E-state index contributed by atoms with van der Waals surface area (Å²) < 4.78 is 13.4. The van der Waals surface area contributed by atoms with Crippen LogP contribution in [0.2, 0.25) is 0 Å². The molecular formula is C15H13FO. The summed E-state index contributed by atoms with van der Waals surface area (Å²) in [5, 5.41) is 0. The molecule has 0 aromatic heterocycles. The highest BCUT2D eigenvalue weighted by atomic mass is 19.1. The third-order valence-electron chi connectivity index (χ3n) is 2.75. The second-order valence-electron chi connectivity index (χ2n) is 4.16. The topological polar surface area (TPSA) is 17.1 Å². The lowest BCUT2D eigenvalue weighted by atomic mass is 10.0. The van der Waals surface area contributed by atoms with E-state index in [0.717, 1.165) is 5.56 Å². The highest BCUT2D eigenvalue weighted by molar-refractivity contribution is 6.09. The van der Waals surface area contributed by atoms with Gasteiger partial charge in [0.2, 0.25) is 0 Å². The molecule has 86 valence electrons. The van der Waals surface area contributed by atoms with Gasteiger partial charge in [-0.1, -0.05) is 42.0 Å².